The van der Waals surface area contributed by atoms with Gasteiger partial charge in [0.15, 0.2) is 5.65 Å². The number of fused-ring (bicyclic) bond motifs is 2. The molecule has 9 heteroatoms. The zero-order valence-electron chi connectivity index (χ0n) is 21.8. The van der Waals surface area contributed by atoms with Crippen molar-refractivity contribution in [2.45, 2.75) is 20.4 Å². The van der Waals surface area contributed by atoms with E-state index in [0.717, 1.165) is 49.2 Å². The van der Waals surface area contributed by atoms with Crippen LogP contribution < -0.4 is 5.73 Å². The molecular formula is C29H31N7O2. The van der Waals surface area contributed by atoms with Crippen LogP contribution in [0.15, 0.2) is 48.8 Å². The quantitative estimate of drug-likeness (QED) is 0.309. The van der Waals surface area contributed by atoms with Crippen LogP contribution in [0.3, 0.4) is 0 Å². The summed E-state index contributed by atoms with van der Waals surface area (Å²) in [6, 6.07) is 11.6. The Morgan fingerprint density at radius 2 is 1.82 bits per heavy atom. The molecule has 194 valence electrons. The van der Waals surface area contributed by atoms with Crippen LogP contribution in [-0.2, 0) is 6.54 Å². The van der Waals surface area contributed by atoms with Crippen molar-refractivity contribution in [3.63, 3.8) is 0 Å². The summed E-state index contributed by atoms with van der Waals surface area (Å²) >= 11 is 0. The third kappa shape index (κ3) is 4.00. The number of carbonyl (C=O) groups is 1. The third-order valence-corrected chi connectivity index (χ3v) is 7.61. The topological polar surface area (TPSA) is 116 Å². The van der Waals surface area contributed by atoms with Crippen LogP contribution in [0.1, 0.15) is 32.7 Å². The third-order valence-electron chi connectivity index (χ3n) is 7.61. The highest BCUT2D eigenvalue weighted by molar-refractivity contribution is 6.19. The van der Waals surface area contributed by atoms with Gasteiger partial charge in [-0.05, 0) is 56.3 Å². The first kappa shape index (κ1) is 24.1. The Kier molecular flexibility index (Phi) is 5.89. The average Bonchev–Trinajstić information content (AvgIpc) is 3.46. The van der Waals surface area contributed by atoms with Crippen molar-refractivity contribution in [3.8, 4) is 11.4 Å². The van der Waals surface area contributed by atoms with E-state index < -0.39 is 0 Å². The second-order valence-electron chi connectivity index (χ2n) is 10.2. The number of piperazine rings is 1. The lowest BCUT2D eigenvalue weighted by Crippen LogP contribution is -2.43. The van der Waals surface area contributed by atoms with Crippen LogP contribution in [0.2, 0.25) is 0 Å². The van der Waals surface area contributed by atoms with Gasteiger partial charge in [0.25, 0.3) is 0 Å². The van der Waals surface area contributed by atoms with E-state index in [-0.39, 0.29) is 17.4 Å². The molecule has 0 atom stereocenters. The molecule has 1 fully saturated rings. The average molecular weight is 510 g/mol. The molecule has 6 rings (SSSR count). The van der Waals surface area contributed by atoms with Gasteiger partial charge in [-0.25, -0.2) is 4.98 Å². The van der Waals surface area contributed by atoms with E-state index in [1.807, 2.05) is 32.0 Å². The van der Waals surface area contributed by atoms with Gasteiger partial charge in [0, 0.05) is 61.6 Å². The number of hydrogen-bond donors (Lipinski definition) is 3. The summed E-state index contributed by atoms with van der Waals surface area (Å²) in [5, 5.41) is 11.4. The molecule has 0 aliphatic carbocycles. The number of H-pyrrole nitrogens is 1. The summed E-state index contributed by atoms with van der Waals surface area (Å²) < 4.78 is 1.72. The lowest BCUT2D eigenvalue weighted by molar-refractivity contribution is 0.103. The van der Waals surface area contributed by atoms with Gasteiger partial charge < -0.3 is 20.7 Å². The number of nitrogens with one attached hydrogen (secondary N) is 1. The maximum atomic E-state index is 13.9. The predicted molar refractivity (Wildman–Crippen MR) is 149 cm³/mol. The summed E-state index contributed by atoms with van der Waals surface area (Å²) in [5.74, 6) is 0.132. The molecule has 0 unspecified atom stereocenters. The molecule has 1 aliphatic heterocycles. The number of anilines is 1. The minimum absolute atomic E-state index is 0.145. The van der Waals surface area contributed by atoms with Gasteiger partial charge in [-0.2, -0.15) is 0 Å². The minimum atomic E-state index is -0.251. The Balaban J connectivity index is 1.40. The summed E-state index contributed by atoms with van der Waals surface area (Å²) in [6.45, 7) is 8.88. The van der Waals surface area contributed by atoms with Gasteiger partial charge in [0.2, 0.25) is 5.78 Å². The van der Waals surface area contributed by atoms with Crippen LogP contribution in [-0.4, -0.2) is 73.4 Å². The fourth-order valence-electron chi connectivity index (χ4n) is 5.44. The van der Waals surface area contributed by atoms with E-state index in [1.54, 1.807) is 23.0 Å². The molecule has 0 saturated carbocycles. The van der Waals surface area contributed by atoms with E-state index in [2.05, 4.69) is 43.9 Å². The number of hydrogen-bond acceptors (Lipinski definition) is 7. The lowest BCUT2D eigenvalue weighted by Gasteiger charge is -2.32. The maximum Gasteiger partial charge on any atom is 0.215 e. The Morgan fingerprint density at radius 1 is 1.05 bits per heavy atom. The molecule has 1 aliphatic rings. The smallest absolute Gasteiger partial charge is 0.215 e. The summed E-state index contributed by atoms with van der Waals surface area (Å²) in [7, 11) is 2.16. The summed E-state index contributed by atoms with van der Waals surface area (Å²) in [5.41, 5.74) is 12.6. The van der Waals surface area contributed by atoms with Gasteiger partial charge >= 0.3 is 0 Å². The monoisotopic (exact) mass is 509 g/mol. The number of aromatic hydroxyl groups is 1. The van der Waals surface area contributed by atoms with E-state index in [4.69, 9.17) is 5.73 Å². The predicted octanol–water partition coefficient (Wildman–Crippen LogP) is 3.78. The van der Waals surface area contributed by atoms with E-state index >= 15 is 0 Å². The molecule has 0 bridgehead atoms. The SMILES string of the molecule is Cc1ccc(O)c(C)c1-n1c(N)c(C(=O)c2cc3cc(CN4CCN(C)CC4)ccc3[nH]2)c2nccnc21. The molecule has 4 heterocycles. The van der Waals surface area contributed by atoms with Crippen molar-refractivity contribution in [2.75, 3.05) is 39.0 Å². The minimum Gasteiger partial charge on any atom is -0.508 e. The van der Waals surface area contributed by atoms with Gasteiger partial charge in [0.1, 0.15) is 17.1 Å². The fourth-order valence-corrected chi connectivity index (χ4v) is 5.44. The number of aromatic nitrogens is 4. The number of carbonyl (C=O) groups excluding carboxylic acids is 1. The first-order valence-corrected chi connectivity index (χ1v) is 12.8. The standard InChI is InChI=1S/C29H31N7O2/c1-17-4-7-23(37)18(2)26(17)36-28(30)24(25-29(36)32-9-8-31-25)27(38)22-15-20-14-19(5-6-21(20)33-22)16-35-12-10-34(3)11-13-35/h4-9,14-15,33,37H,10-13,16,30H2,1-3H3. The van der Waals surface area contributed by atoms with Gasteiger partial charge in [-0.15, -0.1) is 0 Å². The molecule has 9 nitrogen and oxygen atoms in total. The highest BCUT2D eigenvalue weighted by atomic mass is 16.3. The number of aromatic amines is 1. The Hall–Kier alpha value is -4.21. The van der Waals surface area contributed by atoms with Crippen molar-refractivity contribution >= 4 is 33.7 Å². The molecule has 0 amide bonds. The first-order chi connectivity index (χ1) is 18.3. The van der Waals surface area contributed by atoms with Crippen molar-refractivity contribution in [3.05, 3.63) is 76.7 Å². The number of phenolic OH excluding ortho intramolecular Hbond substituents is 1. The zero-order chi connectivity index (χ0) is 26.6. The van der Waals surface area contributed by atoms with Crippen LogP contribution in [0.4, 0.5) is 5.82 Å². The summed E-state index contributed by atoms with van der Waals surface area (Å²) in [6.07, 6.45) is 3.13. The van der Waals surface area contributed by atoms with E-state index in [1.165, 1.54) is 5.56 Å². The van der Waals surface area contributed by atoms with Crippen LogP contribution >= 0.6 is 0 Å². The number of aryl methyl sites for hydroxylation is 1. The molecule has 0 radical (unpaired) electrons. The number of nitrogen functional groups attached to an aromatic ring is 1. The molecule has 1 saturated heterocycles. The first-order valence-electron chi connectivity index (χ1n) is 12.8. The number of rotatable bonds is 5. The molecule has 0 spiro atoms. The number of benzene rings is 2. The zero-order valence-corrected chi connectivity index (χ0v) is 21.8. The van der Waals surface area contributed by atoms with E-state index in [9.17, 15) is 9.90 Å². The second kappa shape index (κ2) is 9.27. The Bertz CT molecular complexity index is 1690. The number of nitrogens with zero attached hydrogens (tertiary/aromatic N) is 5. The van der Waals surface area contributed by atoms with Crippen molar-refractivity contribution in [2.24, 2.45) is 0 Å². The van der Waals surface area contributed by atoms with Crippen molar-refractivity contribution in [1.29, 1.82) is 0 Å². The normalized spacial score (nSPS) is 15.0. The molecular weight excluding hydrogens is 478 g/mol. The van der Waals surface area contributed by atoms with Crippen molar-refractivity contribution < 1.29 is 9.90 Å². The van der Waals surface area contributed by atoms with Gasteiger partial charge in [-0.3, -0.25) is 19.2 Å². The maximum absolute atomic E-state index is 13.9. The molecule has 3 aromatic heterocycles. The van der Waals surface area contributed by atoms with Crippen LogP contribution in [0.5, 0.6) is 5.75 Å². The van der Waals surface area contributed by atoms with Gasteiger partial charge in [0.05, 0.1) is 16.9 Å². The Labute approximate surface area is 220 Å². The van der Waals surface area contributed by atoms with Crippen LogP contribution in [0.25, 0.3) is 27.8 Å². The lowest BCUT2D eigenvalue weighted by atomic mass is 10.1. The van der Waals surface area contributed by atoms with E-state index in [0.29, 0.717) is 33.7 Å². The largest absolute Gasteiger partial charge is 0.508 e. The summed E-state index contributed by atoms with van der Waals surface area (Å²) in [4.78, 5) is 31.0. The second-order valence-corrected chi connectivity index (χ2v) is 10.2. The number of nitrogens with two attached hydrogens (primary N) is 1. The highest BCUT2D eigenvalue weighted by Gasteiger charge is 2.27. The Morgan fingerprint density at radius 3 is 2.61 bits per heavy atom. The number of phenols is 1. The molecule has 38 heavy (non-hydrogen) atoms. The molecule has 5 aromatic rings. The molecule has 4 N–H and O–H groups in total. The van der Waals surface area contributed by atoms with Crippen LogP contribution in [0, 0.1) is 13.8 Å². The van der Waals surface area contributed by atoms with Crippen molar-refractivity contribution in [1.82, 2.24) is 29.3 Å². The number of likely N-dealkylation sites (N-methyl/N-ethyl adjacent to an activating group) is 1. The molecule has 2 aromatic carbocycles. The number of ketones is 1. The highest BCUT2D eigenvalue weighted by Crippen LogP contribution is 2.36. The fraction of sp³-hybridized carbons (Fsp3) is 0.276. The van der Waals surface area contributed by atoms with Gasteiger partial charge in [-0.1, -0.05) is 12.1 Å².